The molecule has 0 radical (unpaired) electrons. The summed E-state index contributed by atoms with van der Waals surface area (Å²) in [5.74, 6) is -4.39. The molecule has 6 unspecified atom stereocenters. The lowest BCUT2D eigenvalue weighted by Crippen LogP contribution is -2.61. The predicted molar refractivity (Wildman–Crippen MR) is 180 cm³/mol. The van der Waals surface area contributed by atoms with Gasteiger partial charge in [-0.15, -0.1) is 0 Å². The van der Waals surface area contributed by atoms with Crippen molar-refractivity contribution in [1.29, 1.82) is 0 Å². The third-order valence-electron chi connectivity index (χ3n) is 9.14. The molecule has 4 saturated heterocycles. The predicted octanol–water partition coefficient (Wildman–Crippen LogP) is 4.77. The fraction of sp³-hybridized carbons (Fsp3) is 0.462. The van der Waals surface area contributed by atoms with Crippen molar-refractivity contribution in [2.75, 3.05) is 13.2 Å². The summed E-state index contributed by atoms with van der Waals surface area (Å²) >= 11 is 0. The molecular formula is C39H41FO13. The van der Waals surface area contributed by atoms with E-state index < -0.39 is 97.6 Å². The monoisotopic (exact) mass is 736 g/mol. The topological polar surface area (TPSA) is 144 Å². The smallest absolute Gasteiger partial charge is 0.338 e. The zero-order valence-corrected chi connectivity index (χ0v) is 29.5. The number of esters is 3. The van der Waals surface area contributed by atoms with E-state index in [0.717, 1.165) is 0 Å². The van der Waals surface area contributed by atoms with Gasteiger partial charge in [-0.1, -0.05) is 54.6 Å². The highest BCUT2D eigenvalue weighted by atomic mass is 19.1. The van der Waals surface area contributed by atoms with E-state index in [9.17, 15) is 14.4 Å². The van der Waals surface area contributed by atoms with Crippen LogP contribution in [0.15, 0.2) is 91.0 Å². The fourth-order valence-corrected chi connectivity index (χ4v) is 6.78. The molecular weight excluding hydrogens is 695 g/mol. The maximum Gasteiger partial charge on any atom is 0.338 e. The highest BCUT2D eigenvalue weighted by Gasteiger charge is 2.61. The van der Waals surface area contributed by atoms with Crippen molar-refractivity contribution in [1.82, 2.24) is 0 Å². The number of ether oxygens (including phenoxy) is 10. The van der Waals surface area contributed by atoms with Crippen LogP contribution in [-0.4, -0.2) is 104 Å². The fourth-order valence-electron chi connectivity index (χ4n) is 6.78. The Bertz CT molecular complexity index is 1740. The molecule has 0 aromatic heterocycles. The number of benzene rings is 3. The number of rotatable bonds is 10. The first kappa shape index (κ1) is 37.1. The SMILES string of the molecule is CC1(C)OC2C3OC(C)(C)O[C@H]3C(CO[C@H]3OC(COC(=O)c4ccccc4)[C@@H](OC(=O)c4ccccc4)C(OC(=O)c4ccccc4)C3F)O[C@@H]2O1. The number of fused-ring (bicyclic) bond motifs is 3. The number of carbonyl (C=O) groups excluding carboxylic acids is 3. The van der Waals surface area contributed by atoms with Crippen LogP contribution < -0.4 is 0 Å². The van der Waals surface area contributed by atoms with E-state index in [1.807, 2.05) is 0 Å². The number of alkyl halides is 1. The number of hydrogen-bond donors (Lipinski definition) is 0. The summed E-state index contributed by atoms with van der Waals surface area (Å²) in [6, 6.07) is 24.1. The van der Waals surface area contributed by atoms with Crippen molar-refractivity contribution in [3.63, 3.8) is 0 Å². The van der Waals surface area contributed by atoms with Crippen LogP contribution in [0.5, 0.6) is 0 Å². The molecule has 0 N–H and O–H groups in total. The van der Waals surface area contributed by atoms with Gasteiger partial charge in [-0.05, 0) is 64.1 Å². The molecule has 4 heterocycles. The van der Waals surface area contributed by atoms with Crippen LogP contribution in [0.25, 0.3) is 0 Å². The minimum Gasteiger partial charge on any atom is -0.459 e. The second kappa shape index (κ2) is 15.2. The van der Waals surface area contributed by atoms with Crippen LogP contribution in [-0.2, 0) is 47.4 Å². The molecule has 4 aliphatic rings. The van der Waals surface area contributed by atoms with Gasteiger partial charge >= 0.3 is 17.9 Å². The van der Waals surface area contributed by atoms with Gasteiger partial charge in [0.2, 0.25) is 0 Å². The Morgan fingerprint density at radius 1 is 0.585 bits per heavy atom. The van der Waals surface area contributed by atoms with Crippen molar-refractivity contribution in [3.05, 3.63) is 108 Å². The lowest BCUT2D eigenvalue weighted by atomic mass is 9.98. The molecule has 7 rings (SSSR count). The van der Waals surface area contributed by atoms with Crippen LogP contribution >= 0.6 is 0 Å². The van der Waals surface area contributed by atoms with Crippen LogP contribution in [0.1, 0.15) is 58.8 Å². The average Bonchev–Trinajstić information content (AvgIpc) is 3.66. The van der Waals surface area contributed by atoms with Crippen molar-refractivity contribution in [3.8, 4) is 0 Å². The Balaban J connectivity index is 1.16. The van der Waals surface area contributed by atoms with E-state index in [1.165, 1.54) is 24.3 Å². The first-order chi connectivity index (χ1) is 25.4. The molecule has 4 aliphatic heterocycles. The molecule has 13 nitrogen and oxygen atoms in total. The van der Waals surface area contributed by atoms with Crippen LogP contribution in [0.4, 0.5) is 4.39 Å². The van der Waals surface area contributed by atoms with E-state index in [2.05, 4.69) is 0 Å². The molecule has 282 valence electrons. The van der Waals surface area contributed by atoms with Gasteiger partial charge in [0.15, 0.2) is 42.5 Å². The zero-order chi connectivity index (χ0) is 37.3. The highest BCUT2D eigenvalue weighted by molar-refractivity contribution is 5.91. The summed E-state index contributed by atoms with van der Waals surface area (Å²) in [6.45, 7) is 6.20. The molecule has 53 heavy (non-hydrogen) atoms. The van der Waals surface area contributed by atoms with E-state index in [1.54, 1.807) is 94.4 Å². The van der Waals surface area contributed by atoms with Gasteiger partial charge in [-0.2, -0.15) is 0 Å². The lowest BCUT2D eigenvalue weighted by Gasteiger charge is -2.43. The minimum absolute atomic E-state index is 0.128. The van der Waals surface area contributed by atoms with Crippen molar-refractivity contribution >= 4 is 17.9 Å². The molecule has 0 aliphatic carbocycles. The Morgan fingerprint density at radius 3 is 1.66 bits per heavy atom. The first-order valence-electron chi connectivity index (χ1n) is 17.4. The molecule has 10 atom stereocenters. The van der Waals surface area contributed by atoms with Crippen LogP contribution in [0, 0.1) is 0 Å². The summed E-state index contributed by atoms with van der Waals surface area (Å²) in [6.07, 6.45) is -12.2. The molecule has 0 bridgehead atoms. The van der Waals surface area contributed by atoms with Crippen LogP contribution in [0.3, 0.4) is 0 Å². The molecule has 3 aromatic rings. The number of halogens is 1. The number of carbonyl (C=O) groups is 3. The molecule has 4 fully saturated rings. The van der Waals surface area contributed by atoms with Gasteiger partial charge in [0, 0.05) is 0 Å². The summed E-state index contributed by atoms with van der Waals surface area (Å²) in [5, 5.41) is 0. The number of hydrogen-bond acceptors (Lipinski definition) is 13. The third kappa shape index (κ3) is 8.29. The summed E-state index contributed by atoms with van der Waals surface area (Å²) in [4.78, 5) is 39.8. The molecule has 3 aromatic carbocycles. The largest absolute Gasteiger partial charge is 0.459 e. The summed E-state index contributed by atoms with van der Waals surface area (Å²) in [5.41, 5.74) is 0.525. The molecule has 0 saturated carbocycles. The van der Waals surface area contributed by atoms with Gasteiger partial charge in [-0.25, -0.2) is 18.8 Å². The van der Waals surface area contributed by atoms with E-state index >= 15 is 4.39 Å². The van der Waals surface area contributed by atoms with E-state index in [4.69, 9.17) is 47.4 Å². The van der Waals surface area contributed by atoms with Gasteiger partial charge in [0.1, 0.15) is 37.1 Å². The van der Waals surface area contributed by atoms with Gasteiger partial charge in [0.05, 0.1) is 23.3 Å². The summed E-state index contributed by atoms with van der Waals surface area (Å²) < 4.78 is 76.8. The summed E-state index contributed by atoms with van der Waals surface area (Å²) in [7, 11) is 0. The van der Waals surface area contributed by atoms with Gasteiger partial charge < -0.3 is 47.4 Å². The minimum atomic E-state index is -2.20. The van der Waals surface area contributed by atoms with Crippen molar-refractivity contribution in [2.24, 2.45) is 0 Å². The third-order valence-corrected chi connectivity index (χ3v) is 9.14. The second-order valence-corrected chi connectivity index (χ2v) is 14.0. The van der Waals surface area contributed by atoms with E-state index in [0.29, 0.717) is 0 Å². The quantitative estimate of drug-likeness (QED) is 0.209. The maximum absolute atomic E-state index is 16.8. The van der Waals surface area contributed by atoms with Crippen molar-refractivity contribution in [2.45, 2.75) is 101 Å². The van der Waals surface area contributed by atoms with Gasteiger partial charge in [0.25, 0.3) is 0 Å². The average molecular weight is 737 g/mol. The standard InChI is InChI=1S/C39H41FO13/c1-38(2)50-29-26(47-37-32(31(29)51-38)52-39(3,4)53-37)21-45-36-27(40)30(49-35(43)24-18-12-7-13-19-24)28(48-34(42)23-16-10-6-11-17-23)25(46-36)20-44-33(41)22-14-8-5-9-15-22/h5-19,25-32,36-37H,20-21H2,1-4H3/t25?,26?,27?,28-,29+,30?,31?,32?,36+,37-/m1/s1. The van der Waals surface area contributed by atoms with E-state index in [-0.39, 0.29) is 23.3 Å². The first-order valence-corrected chi connectivity index (χ1v) is 17.4. The second-order valence-electron chi connectivity index (χ2n) is 14.0. The Hall–Kier alpha value is -4.28. The van der Waals surface area contributed by atoms with Gasteiger partial charge in [-0.3, -0.25) is 0 Å². The lowest BCUT2D eigenvalue weighted by molar-refractivity contribution is -0.303. The molecule has 0 amide bonds. The van der Waals surface area contributed by atoms with Crippen molar-refractivity contribution < 1.29 is 66.1 Å². The Morgan fingerprint density at radius 2 is 1.08 bits per heavy atom. The molecule has 14 heteroatoms. The molecule has 0 spiro atoms. The highest BCUT2D eigenvalue weighted by Crippen LogP contribution is 2.44. The zero-order valence-electron chi connectivity index (χ0n) is 29.5. The maximum atomic E-state index is 16.8. The Labute approximate surface area is 305 Å². The Kier molecular flexibility index (Phi) is 10.6. The normalized spacial score (nSPS) is 32.5. The van der Waals surface area contributed by atoms with Crippen LogP contribution in [0.2, 0.25) is 0 Å².